The molecule has 0 radical (unpaired) electrons. The predicted octanol–water partition coefficient (Wildman–Crippen LogP) is 5.41. The van der Waals surface area contributed by atoms with Crippen LogP contribution >= 0.6 is 11.8 Å². The Morgan fingerprint density at radius 2 is 1.80 bits per heavy atom. The summed E-state index contributed by atoms with van der Waals surface area (Å²) in [6.07, 6.45) is 1.11. The molecule has 1 atom stereocenters. The first-order valence-electron chi connectivity index (χ1n) is 11.4. The van der Waals surface area contributed by atoms with Crippen molar-refractivity contribution in [1.82, 2.24) is 9.97 Å². The fourth-order valence-electron chi connectivity index (χ4n) is 4.82. The maximum Gasteiger partial charge on any atom is 0.257 e. The molecular formula is C27H26FN3O3S. The molecule has 5 rings (SSSR count). The van der Waals surface area contributed by atoms with Gasteiger partial charge in [-0.05, 0) is 47.2 Å². The van der Waals surface area contributed by atoms with Crippen molar-refractivity contribution >= 4 is 23.4 Å². The van der Waals surface area contributed by atoms with Gasteiger partial charge in [0.15, 0.2) is 10.9 Å². The zero-order valence-corrected chi connectivity index (χ0v) is 20.6. The third kappa shape index (κ3) is 4.62. The number of thioether (sulfide) groups is 1. The van der Waals surface area contributed by atoms with E-state index < -0.39 is 5.92 Å². The number of allylic oxidation sites excluding steroid dienone is 2. The first-order valence-corrected chi connectivity index (χ1v) is 12.4. The van der Waals surface area contributed by atoms with Crippen LogP contribution < -0.4 is 15.6 Å². The van der Waals surface area contributed by atoms with Gasteiger partial charge in [0.2, 0.25) is 0 Å². The van der Waals surface area contributed by atoms with Crippen LogP contribution in [0.2, 0.25) is 0 Å². The molecule has 1 aliphatic carbocycles. The standard InChI is InChI=1S/C27H26FN3O3S/c1-27(2)12-19-22(20(32)13-27)21(16-6-10-18(34-3)11-7-16)23-24(29-19)30-26(31-25(23)33)35-14-15-4-8-17(28)9-5-15/h4-11,21H,12-14H2,1-3H3,(H2,29,30,31,33). The first kappa shape index (κ1) is 23.4. The summed E-state index contributed by atoms with van der Waals surface area (Å²) in [4.78, 5) is 34.4. The molecule has 0 saturated heterocycles. The molecule has 1 aliphatic heterocycles. The number of nitrogens with one attached hydrogen (secondary N) is 2. The van der Waals surface area contributed by atoms with Crippen molar-refractivity contribution in [1.29, 1.82) is 0 Å². The second-order valence-corrected chi connectivity index (χ2v) is 10.7. The first-order chi connectivity index (χ1) is 16.7. The van der Waals surface area contributed by atoms with E-state index in [2.05, 4.69) is 24.1 Å². The molecule has 0 saturated carbocycles. The van der Waals surface area contributed by atoms with E-state index in [0.717, 1.165) is 16.8 Å². The van der Waals surface area contributed by atoms with Crippen LogP contribution in [0.3, 0.4) is 0 Å². The predicted molar refractivity (Wildman–Crippen MR) is 134 cm³/mol. The van der Waals surface area contributed by atoms with Gasteiger partial charge in [-0.2, -0.15) is 0 Å². The molecule has 0 fully saturated rings. The highest BCUT2D eigenvalue weighted by Gasteiger charge is 2.42. The van der Waals surface area contributed by atoms with Gasteiger partial charge in [-0.1, -0.05) is 49.9 Å². The average molecular weight is 492 g/mol. The highest BCUT2D eigenvalue weighted by atomic mass is 32.2. The Balaban J connectivity index is 1.56. The lowest BCUT2D eigenvalue weighted by Gasteiger charge is -2.38. The summed E-state index contributed by atoms with van der Waals surface area (Å²) < 4.78 is 18.5. The number of aromatic amines is 1. The summed E-state index contributed by atoms with van der Waals surface area (Å²) in [7, 11) is 1.60. The molecular weight excluding hydrogens is 465 g/mol. The van der Waals surface area contributed by atoms with E-state index in [-0.39, 0.29) is 22.6 Å². The van der Waals surface area contributed by atoms with Crippen molar-refractivity contribution in [3.63, 3.8) is 0 Å². The van der Waals surface area contributed by atoms with E-state index in [9.17, 15) is 14.0 Å². The van der Waals surface area contributed by atoms with Crippen LogP contribution in [0, 0.1) is 11.2 Å². The van der Waals surface area contributed by atoms with Gasteiger partial charge in [0.25, 0.3) is 5.56 Å². The van der Waals surface area contributed by atoms with Gasteiger partial charge in [0.1, 0.15) is 17.4 Å². The van der Waals surface area contributed by atoms with E-state index in [1.54, 1.807) is 19.2 Å². The number of methoxy groups -OCH3 is 1. The number of fused-ring (bicyclic) bond motifs is 1. The number of halogens is 1. The number of H-pyrrole nitrogens is 1. The summed E-state index contributed by atoms with van der Waals surface area (Å²) in [6, 6.07) is 13.7. The van der Waals surface area contributed by atoms with Crippen LogP contribution in [-0.2, 0) is 10.5 Å². The van der Waals surface area contributed by atoms with Gasteiger partial charge in [0, 0.05) is 29.4 Å². The summed E-state index contributed by atoms with van der Waals surface area (Å²) in [5.74, 6) is 0.950. The number of anilines is 1. The molecule has 6 nitrogen and oxygen atoms in total. The van der Waals surface area contributed by atoms with Gasteiger partial charge in [-0.15, -0.1) is 0 Å². The van der Waals surface area contributed by atoms with Crippen LogP contribution in [0.25, 0.3) is 0 Å². The molecule has 0 amide bonds. The summed E-state index contributed by atoms with van der Waals surface area (Å²) in [5.41, 5.74) is 3.20. The molecule has 2 heterocycles. The third-order valence-electron chi connectivity index (χ3n) is 6.44. The number of nitrogens with zero attached hydrogens (tertiary/aromatic N) is 1. The maximum atomic E-state index is 13.4. The van der Waals surface area contributed by atoms with Crippen LogP contribution in [0.4, 0.5) is 10.2 Å². The van der Waals surface area contributed by atoms with Crippen molar-refractivity contribution in [3.8, 4) is 5.75 Å². The van der Waals surface area contributed by atoms with E-state index in [4.69, 9.17) is 9.72 Å². The van der Waals surface area contributed by atoms with Crippen molar-refractivity contribution < 1.29 is 13.9 Å². The van der Waals surface area contributed by atoms with Gasteiger partial charge >= 0.3 is 0 Å². The lowest BCUT2D eigenvalue weighted by Crippen LogP contribution is -2.37. The molecule has 35 heavy (non-hydrogen) atoms. The Kier molecular flexibility index (Phi) is 6.01. The van der Waals surface area contributed by atoms with Gasteiger partial charge < -0.3 is 15.0 Å². The fourth-order valence-corrected chi connectivity index (χ4v) is 5.64. The zero-order valence-electron chi connectivity index (χ0n) is 19.8. The smallest absolute Gasteiger partial charge is 0.257 e. The number of Topliss-reactive ketones (excluding diaryl/α,β-unsaturated/α-hetero) is 1. The Bertz CT molecular complexity index is 1380. The number of hydrogen-bond acceptors (Lipinski definition) is 6. The second kappa shape index (κ2) is 9.00. The lowest BCUT2D eigenvalue weighted by atomic mass is 9.69. The molecule has 0 bridgehead atoms. The number of carbonyl (C=O) groups excluding carboxylic acids is 1. The monoisotopic (exact) mass is 491 g/mol. The minimum absolute atomic E-state index is 0.0457. The molecule has 180 valence electrons. The lowest BCUT2D eigenvalue weighted by molar-refractivity contribution is -0.118. The molecule has 1 unspecified atom stereocenters. The number of ketones is 1. The van der Waals surface area contributed by atoms with E-state index in [0.29, 0.717) is 46.5 Å². The van der Waals surface area contributed by atoms with Crippen molar-refractivity contribution in [2.45, 2.75) is 43.5 Å². The SMILES string of the molecule is COc1ccc(C2C3=C(CC(C)(C)CC3=O)Nc3nc(SCc4ccc(F)cc4)[nH]c(=O)c32)cc1. The summed E-state index contributed by atoms with van der Waals surface area (Å²) in [6.45, 7) is 4.15. The summed E-state index contributed by atoms with van der Waals surface area (Å²) in [5, 5.41) is 3.80. The highest BCUT2D eigenvalue weighted by Crippen LogP contribution is 2.47. The molecule has 2 N–H and O–H groups in total. The Labute approximate surface area is 207 Å². The zero-order chi connectivity index (χ0) is 24.7. The van der Waals surface area contributed by atoms with Crippen molar-refractivity contribution in [2.24, 2.45) is 5.41 Å². The fraction of sp³-hybridized carbons (Fsp3) is 0.296. The Hall–Kier alpha value is -3.39. The third-order valence-corrected chi connectivity index (χ3v) is 7.38. The number of benzene rings is 2. The van der Waals surface area contributed by atoms with E-state index in [1.165, 1.54) is 23.9 Å². The van der Waals surface area contributed by atoms with Crippen LogP contribution in [-0.4, -0.2) is 22.9 Å². The van der Waals surface area contributed by atoms with Crippen LogP contribution in [0.5, 0.6) is 5.75 Å². The van der Waals surface area contributed by atoms with Gasteiger partial charge in [-0.3, -0.25) is 9.59 Å². The highest BCUT2D eigenvalue weighted by molar-refractivity contribution is 7.98. The summed E-state index contributed by atoms with van der Waals surface area (Å²) >= 11 is 1.37. The van der Waals surface area contributed by atoms with Crippen LogP contribution in [0.1, 0.15) is 49.3 Å². The minimum atomic E-state index is -0.511. The van der Waals surface area contributed by atoms with Crippen molar-refractivity contribution in [3.05, 3.63) is 92.7 Å². The normalized spacial score (nSPS) is 18.5. The molecule has 3 aromatic rings. The molecule has 2 aromatic carbocycles. The largest absolute Gasteiger partial charge is 0.497 e. The topological polar surface area (TPSA) is 84.1 Å². The molecule has 1 aromatic heterocycles. The Morgan fingerprint density at radius 1 is 1.09 bits per heavy atom. The van der Waals surface area contributed by atoms with Gasteiger partial charge in [-0.25, -0.2) is 9.37 Å². The molecule has 2 aliphatic rings. The molecule has 8 heteroatoms. The van der Waals surface area contributed by atoms with Crippen molar-refractivity contribution in [2.75, 3.05) is 12.4 Å². The number of ether oxygens (including phenoxy) is 1. The minimum Gasteiger partial charge on any atom is -0.497 e. The molecule has 0 spiro atoms. The second-order valence-electron chi connectivity index (χ2n) is 9.71. The van der Waals surface area contributed by atoms with Gasteiger partial charge in [0.05, 0.1) is 12.7 Å². The number of rotatable bonds is 5. The Morgan fingerprint density at radius 3 is 2.49 bits per heavy atom. The van der Waals surface area contributed by atoms with Crippen LogP contribution in [0.15, 0.2) is 69.8 Å². The van der Waals surface area contributed by atoms with E-state index >= 15 is 0 Å². The van der Waals surface area contributed by atoms with E-state index in [1.807, 2.05) is 24.3 Å². The maximum absolute atomic E-state index is 13.4. The number of hydrogen-bond donors (Lipinski definition) is 2. The number of aromatic nitrogens is 2. The quantitative estimate of drug-likeness (QED) is 0.367. The number of carbonyl (C=O) groups is 1. The average Bonchev–Trinajstić information content (AvgIpc) is 2.81.